The topological polar surface area (TPSA) is 53.1 Å². The highest BCUT2D eigenvalue weighted by Crippen LogP contribution is 2.40. The Balaban J connectivity index is 2.18. The number of nitrogen functional groups attached to an aromatic ring is 1. The number of rotatable bonds is 2. The van der Waals surface area contributed by atoms with Crippen molar-refractivity contribution < 1.29 is 0 Å². The van der Waals surface area contributed by atoms with E-state index in [2.05, 4.69) is 30.0 Å². The molecule has 2 aromatic carbocycles. The summed E-state index contributed by atoms with van der Waals surface area (Å²) in [6.45, 7) is 2.17. The standard InChI is InChI=1S/C16H16ClN3/c1-10-8-11-4-2-3-5-14(11)20(10)15-9-12(17)6-7-13(15)16(18)19/h2-7,9-10H,8H2,1H3,(H3,18,19). The van der Waals surface area contributed by atoms with Crippen LogP contribution in [0.1, 0.15) is 18.1 Å². The molecule has 0 spiro atoms. The maximum atomic E-state index is 7.77. The summed E-state index contributed by atoms with van der Waals surface area (Å²) >= 11 is 6.14. The summed E-state index contributed by atoms with van der Waals surface area (Å²) < 4.78 is 0. The average Bonchev–Trinajstić information content (AvgIpc) is 2.73. The molecule has 1 atom stereocenters. The van der Waals surface area contributed by atoms with Gasteiger partial charge in [0.25, 0.3) is 0 Å². The highest BCUT2D eigenvalue weighted by atomic mass is 35.5. The fourth-order valence-corrected chi connectivity index (χ4v) is 3.03. The van der Waals surface area contributed by atoms with Crippen molar-refractivity contribution in [3.05, 3.63) is 58.6 Å². The first kappa shape index (κ1) is 13.0. The molecular weight excluding hydrogens is 270 g/mol. The number of nitrogens with one attached hydrogen (secondary N) is 1. The molecule has 0 amide bonds. The Morgan fingerprint density at radius 3 is 2.75 bits per heavy atom. The van der Waals surface area contributed by atoms with Gasteiger partial charge in [0.1, 0.15) is 5.84 Å². The van der Waals surface area contributed by atoms with E-state index in [1.165, 1.54) is 11.3 Å². The third kappa shape index (κ3) is 2.04. The molecule has 0 radical (unpaired) electrons. The first-order chi connectivity index (χ1) is 9.58. The largest absolute Gasteiger partial charge is 0.384 e. The molecule has 1 aliphatic heterocycles. The van der Waals surface area contributed by atoms with E-state index < -0.39 is 0 Å². The van der Waals surface area contributed by atoms with E-state index in [-0.39, 0.29) is 5.84 Å². The second-order valence-electron chi connectivity index (χ2n) is 5.13. The molecule has 1 heterocycles. The molecular formula is C16H16ClN3. The van der Waals surface area contributed by atoms with Crippen molar-refractivity contribution >= 4 is 28.8 Å². The van der Waals surface area contributed by atoms with Gasteiger partial charge in [-0.25, -0.2) is 0 Å². The SMILES string of the molecule is CC1Cc2ccccc2N1c1cc(Cl)ccc1C(=N)N. The van der Waals surface area contributed by atoms with E-state index in [4.69, 9.17) is 22.7 Å². The molecule has 102 valence electrons. The first-order valence-electron chi connectivity index (χ1n) is 6.59. The minimum atomic E-state index is 0.0632. The Bertz CT molecular complexity index is 681. The van der Waals surface area contributed by atoms with Crippen molar-refractivity contribution in [2.75, 3.05) is 4.90 Å². The van der Waals surface area contributed by atoms with Crippen molar-refractivity contribution in [2.45, 2.75) is 19.4 Å². The van der Waals surface area contributed by atoms with E-state index in [0.29, 0.717) is 11.1 Å². The normalized spacial score (nSPS) is 17.1. The van der Waals surface area contributed by atoms with Crippen LogP contribution in [0.5, 0.6) is 0 Å². The second-order valence-corrected chi connectivity index (χ2v) is 5.56. The number of hydrogen-bond acceptors (Lipinski definition) is 2. The highest BCUT2D eigenvalue weighted by molar-refractivity contribution is 6.31. The summed E-state index contributed by atoms with van der Waals surface area (Å²) in [4.78, 5) is 2.22. The number of halogens is 1. The zero-order valence-electron chi connectivity index (χ0n) is 11.2. The smallest absolute Gasteiger partial charge is 0.124 e. The molecule has 20 heavy (non-hydrogen) atoms. The molecule has 2 aromatic rings. The van der Waals surface area contributed by atoms with Crippen LogP contribution in [0.15, 0.2) is 42.5 Å². The molecule has 0 aromatic heterocycles. The minimum Gasteiger partial charge on any atom is -0.384 e. The first-order valence-corrected chi connectivity index (χ1v) is 6.97. The Labute approximate surface area is 123 Å². The van der Waals surface area contributed by atoms with Crippen LogP contribution < -0.4 is 10.6 Å². The third-order valence-electron chi connectivity index (χ3n) is 3.72. The molecule has 4 heteroatoms. The van der Waals surface area contributed by atoms with E-state index in [0.717, 1.165) is 17.7 Å². The van der Waals surface area contributed by atoms with Crippen LogP contribution in [0.3, 0.4) is 0 Å². The zero-order chi connectivity index (χ0) is 14.3. The van der Waals surface area contributed by atoms with Crippen LogP contribution in [0.25, 0.3) is 0 Å². The lowest BCUT2D eigenvalue weighted by Crippen LogP contribution is -2.27. The van der Waals surface area contributed by atoms with Gasteiger partial charge in [-0.15, -0.1) is 0 Å². The molecule has 0 saturated carbocycles. The van der Waals surface area contributed by atoms with Gasteiger partial charge in [-0.3, -0.25) is 5.41 Å². The van der Waals surface area contributed by atoms with Crippen LogP contribution in [-0.2, 0) is 6.42 Å². The van der Waals surface area contributed by atoms with Crippen molar-refractivity contribution in [1.29, 1.82) is 5.41 Å². The fraction of sp³-hybridized carbons (Fsp3) is 0.188. The lowest BCUT2D eigenvalue weighted by molar-refractivity contribution is 0.758. The summed E-state index contributed by atoms with van der Waals surface area (Å²) in [6.07, 6.45) is 0.986. The van der Waals surface area contributed by atoms with Crippen molar-refractivity contribution in [3.63, 3.8) is 0 Å². The molecule has 1 aliphatic rings. The molecule has 0 bridgehead atoms. The predicted octanol–water partition coefficient (Wildman–Crippen LogP) is 3.71. The van der Waals surface area contributed by atoms with Crippen molar-refractivity contribution in [1.82, 2.24) is 0 Å². The number of para-hydroxylation sites is 1. The molecule has 0 saturated heterocycles. The van der Waals surface area contributed by atoms with Gasteiger partial charge in [-0.2, -0.15) is 0 Å². The van der Waals surface area contributed by atoms with Crippen LogP contribution >= 0.6 is 11.6 Å². The molecule has 3 rings (SSSR count). The average molecular weight is 286 g/mol. The van der Waals surface area contributed by atoms with E-state index in [1.807, 2.05) is 18.2 Å². The summed E-state index contributed by atoms with van der Waals surface area (Å²) in [5, 5.41) is 8.42. The van der Waals surface area contributed by atoms with Gasteiger partial charge in [0.05, 0.1) is 5.69 Å². The predicted molar refractivity (Wildman–Crippen MR) is 84.2 cm³/mol. The Hall–Kier alpha value is -2.00. The summed E-state index contributed by atoms with van der Waals surface area (Å²) in [5.41, 5.74) is 9.82. The van der Waals surface area contributed by atoms with Gasteiger partial charge in [-0.1, -0.05) is 29.8 Å². The van der Waals surface area contributed by atoms with Crippen LogP contribution in [-0.4, -0.2) is 11.9 Å². The van der Waals surface area contributed by atoms with Crippen molar-refractivity contribution in [2.24, 2.45) is 5.73 Å². The van der Waals surface area contributed by atoms with Crippen LogP contribution in [0, 0.1) is 5.41 Å². The van der Waals surface area contributed by atoms with Crippen molar-refractivity contribution in [3.8, 4) is 0 Å². The van der Waals surface area contributed by atoms with E-state index in [1.54, 1.807) is 6.07 Å². The number of fused-ring (bicyclic) bond motifs is 1. The molecule has 0 fully saturated rings. The van der Waals surface area contributed by atoms with Gasteiger partial charge in [0.15, 0.2) is 0 Å². The molecule has 3 N–H and O–H groups in total. The fourth-order valence-electron chi connectivity index (χ4n) is 2.86. The Morgan fingerprint density at radius 1 is 1.25 bits per heavy atom. The molecule has 3 nitrogen and oxygen atoms in total. The van der Waals surface area contributed by atoms with E-state index in [9.17, 15) is 0 Å². The zero-order valence-corrected chi connectivity index (χ0v) is 12.0. The second kappa shape index (κ2) is 4.84. The lowest BCUT2D eigenvalue weighted by atomic mass is 10.1. The number of anilines is 2. The monoisotopic (exact) mass is 285 g/mol. The lowest BCUT2D eigenvalue weighted by Gasteiger charge is -2.27. The highest BCUT2D eigenvalue weighted by Gasteiger charge is 2.28. The van der Waals surface area contributed by atoms with Gasteiger partial charge in [-0.05, 0) is 43.2 Å². The van der Waals surface area contributed by atoms with Crippen LogP contribution in [0.4, 0.5) is 11.4 Å². The number of nitrogens with zero attached hydrogens (tertiary/aromatic N) is 1. The maximum absolute atomic E-state index is 7.77. The van der Waals surface area contributed by atoms with Gasteiger partial charge in [0, 0.05) is 22.3 Å². The van der Waals surface area contributed by atoms with E-state index >= 15 is 0 Å². The molecule has 0 aliphatic carbocycles. The quantitative estimate of drug-likeness (QED) is 0.653. The van der Waals surface area contributed by atoms with Gasteiger partial charge in [0.2, 0.25) is 0 Å². The van der Waals surface area contributed by atoms with Gasteiger partial charge >= 0.3 is 0 Å². The summed E-state index contributed by atoms with van der Waals surface area (Å²) in [7, 11) is 0. The number of benzene rings is 2. The minimum absolute atomic E-state index is 0.0632. The number of amidine groups is 1. The number of hydrogen-bond donors (Lipinski definition) is 2. The summed E-state index contributed by atoms with van der Waals surface area (Å²) in [6, 6.07) is 14.1. The van der Waals surface area contributed by atoms with Crippen LogP contribution in [0.2, 0.25) is 5.02 Å². The molecule has 1 unspecified atom stereocenters. The Kier molecular flexibility index (Phi) is 3.14. The number of nitrogens with two attached hydrogens (primary N) is 1. The summed E-state index contributed by atoms with van der Waals surface area (Å²) in [5.74, 6) is 0.0632. The Morgan fingerprint density at radius 2 is 2.00 bits per heavy atom. The van der Waals surface area contributed by atoms with Gasteiger partial charge < -0.3 is 10.6 Å². The maximum Gasteiger partial charge on any atom is 0.124 e. The third-order valence-corrected chi connectivity index (χ3v) is 3.95.